The van der Waals surface area contributed by atoms with Gasteiger partial charge in [-0.1, -0.05) is 24.3 Å². The number of rotatable bonds is 4. The molecular weight excluding hydrogens is 190 g/mol. The third-order valence-corrected chi connectivity index (χ3v) is 2.95. The van der Waals surface area contributed by atoms with Crippen LogP contribution in [0.25, 0.3) is 0 Å². The standard InChI is InChI=1S/C12H17NS/c1-3-4-9-14-12-7-5-11(6-8-12)10(2)13/h3-8,10H,9,13H2,1-2H3. The van der Waals surface area contributed by atoms with E-state index in [9.17, 15) is 0 Å². The highest BCUT2D eigenvalue weighted by molar-refractivity contribution is 7.99. The summed E-state index contributed by atoms with van der Waals surface area (Å²) in [4.78, 5) is 1.30. The highest BCUT2D eigenvalue weighted by atomic mass is 32.2. The minimum absolute atomic E-state index is 0.129. The van der Waals surface area contributed by atoms with Gasteiger partial charge in [-0.15, -0.1) is 11.8 Å². The van der Waals surface area contributed by atoms with Crippen molar-refractivity contribution in [1.82, 2.24) is 0 Å². The normalized spacial score (nSPS) is 13.4. The second-order valence-electron chi connectivity index (χ2n) is 3.24. The first-order valence-electron chi connectivity index (χ1n) is 4.83. The van der Waals surface area contributed by atoms with Crippen LogP contribution in [-0.2, 0) is 0 Å². The van der Waals surface area contributed by atoms with E-state index in [1.165, 1.54) is 10.5 Å². The van der Waals surface area contributed by atoms with Gasteiger partial charge in [0, 0.05) is 16.7 Å². The van der Waals surface area contributed by atoms with Gasteiger partial charge in [-0.05, 0) is 31.5 Å². The van der Waals surface area contributed by atoms with Gasteiger partial charge >= 0.3 is 0 Å². The summed E-state index contributed by atoms with van der Waals surface area (Å²) in [5.74, 6) is 1.04. The number of allylic oxidation sites excluding steroid dienone is 1. The molecular formula is C12H17NS. The molecule has 14 heavy (non-hydrogen) atoms. The van der Waals surface area contributed by atoms with Gasteiger partial charge in [-0.25, -0.2) is 0 Å². The van der Waals surface area contributed by atoms with Crippen molar-refractivity contribution in [2.24, 2.45) is 5.73 Å². The van der Waals surface area contributed by atoms with Crippen molar-refractivity contribution in [2.75, 3.05) is 5.75 Å². The Bertz CT molecular complexity index is 288. The second-order valence-corrected chi connectivity index (χ2v) is 4.33. The Kier molecular flexibility index (Phi) is 4.77. The Labute approximate surface area is 90.4 Å². The van der Waals surface area contributed by atoms with Crippen LogP contribution < -0.4 is 5.73 Å². The Morgan fingerprint density at radius 1 is 1.36 bits per heavy atom. The van der Waals surface area contributed by atoms with Gasteiger partial charge in [-0.3, -0.25) is 0 Å². The van der Waals surface area contributed by atoms with E-state index < -0.39 is 0 Å². The summed E-state index contributed by atoms with van der Waals surface area (Å²) in [5, 5.41) is 0. The third-order valence-electron chi connectivity index (χ3n) is 1.99. The average molecular weight is 207 g/mol. The number of nitrogens with two attached hydrogens (primary N) is 1. The predicted molar refractivity (Wildman–Crippen MR) is 64.6 cm³/mol. The van der Waals surface area contributed by atoms with E-state index >= 15 is 0 Å². The summed E-state index contributed by atoms with van der Waals surface area (Å²) < 4.78 is 0. The summed E-state index contributed by atoms with van der Waals surface area (Å²) in [6.07, 6.45) is 4.23. The molecule has 2 heteroatoms. The molecule has 0 saturated carbocycles. The lowest BCUT2D eigenvalue weighted by molar-refractivity contribution is 0.817. The van der Waals surface area contributed by atoms with Crippen molar-refractivity contribution in [2.45, 2.75) is 24.8 Å². The predicted octanol–water partition coefficient (Wildman–Crippen LogP) is 3.37. The maximum Gasteiger partial charge on any atom is 0.0266 e. The third kappa shape index (κ3) is 3.56. The van der Waals surface area contributed by atoms with Crippen molar-refractivity contribution in [3.05, 3.63) is 42.0 Å². The Hall–Kier alpha value is -0.730. The minimum Gasteiger partial charge on any atom is -0.324 e. The van der Waals surface area contributed by atoms with Crippen LogP contribution in [-0.4, -0.2) is 5.75 Å². The van der Waals surface area contributed by atoms with Crippen molar-refractivity contribution in [1.29, 1.82) is 0 Å². The van der Waals surface area contributed by atoms with Crippen LogP contribution in [0.15, 0.2) is 41.3 Å². The maximum absolute atomic E-state index is 5.77. The summed E-state index contributed by atoms with van der Waals surface area (Å²) in [6, 6.07) is 8.59. The molecule has 1 atom stereocenters. The molecule has 76 valence electrons. The van der Waals surface area contributed by atoms with E-state index in [2.05, 4.69) is 36.4 Å². The largest absolute Gasteiger partial charge is 0.324 e. The zero-order valence-corrected chi connectivity index (χ0v) is 9.55. The lowest BCUT2D eigenvalue weighted by Crippen LogP contribution is -2.04. The second kappa shape index (κ2) is 5.89. The van der Waals surface area contributed by atoms with Crippen LogP contribution in [0, 0.1) is 0 Å². The molecule has 1 aromatic rings. The molecule has 1 rings (SSSR count). The molecule has 0 aliphatic carbocycles. The summed E-state index contributed by atoms with van der Waals surface area (Å²) in [5.41, 5.74) is 6.96. The lowest BCUT2D eigenvalue weighted by atomic mass is 10.1. The molecule has 0 bridgehead atoms. The van der Waals surface area contributed by atoms with E-state index in [0.717, 1.165) is 5.75 Å². The highest BCUT2D eigenvalue weighted by Crippen LogP contribution is 2.20. The number of thioether (sulfide) groups is 1. The maximum atomic E-state index is 5.77. The van der Waals surface area contributed by atoms with Crippen molar-refractivity contribution < 1.29 is 0 Å². The topological polar surface area (TPSA) is 26.0 Å². The Morgan fingerprint density at radius 3 is 2.50 bits per heavy atom. The van der Waals surface area contributed by atoms with Gasteiger partial charge < -0.3 is 5.73 Å². The molecule has 1 nitrogen and oxygen atoms in total. The Balaban J connectivity index is 2.55. The van der Waals surface area contributed by atoms with Crippen LogP contribution >= 0.6 is 11.8 Å². The smallest absolute Gasteiger partial charge is 0.0266 e. The molecule has 0 spiro atoms. The summed E-state index contributed by atoms with van der Waals surface area (Å²) in [7, 11) is 0. The van der Waals surface area contributed by atoms with Crippen LogP contribution in [0.4, 0.5) is 0 Å². The SMILES string of the molecule is CC=CCSc1ccc(C(C)N)cc1. The fraction of sp³-hybridized carbons (Fsp3) is 0.333. The van der Waals surface area contributed by atoms with Gasteiger partial charge in [0.15, 0.2) is 0 Å². The zero-order chi connectivity index (χ0) is 10.4. The Morgan fingerprint density at radius 2 is 2.00 bits per heavy atom. The minimum atomic E-state index is 0.129. The van der Waals surface area contributed by atoms with Gasteiger partial charge in [-0.2, -0.15) is 0 Å². The molecule has 0 saturated heterocycles. The van der Waals surface area contributed by atoms with E-state index in [0.29, 0.717) is 0 Å². The summed E-state index contributed by atoms with van der Waals surface area (Å²) in [6.45, 7) is 4.04. The van der Waals surface area contributed by atoms with Gasteiger partial charge in [0.2, 0.25) is 0 Å². The monoisotopic (exact) mass is 207 g/mol. The van der Waals surface area contributed by atoms with Crippen molar-refractivity contribution >= 4 is 11.8 Å². The van der Waals surface area contributed by atoms with Crippen LogP contribution in [0.1, 0.15) is 25.5 Å². The summed E-state index contributed by atoms with van der Waals surface area (Å²) >= 11 is 1.84. The van der Waals surface area contributed by atoms with Crippen LogP contribution in [0.3, 0.4) is 0 Å². The average Bonchev–Trinajstić information content (AvgIpc) is 2.19. The molecule has 0 amide bonds. The molecule has 1 unspecified atom stereocenters. The molecule has 0 fully saturated rings. The number of benzene rings is 1. The van der Waals surface area contributed by atoms with Crippen LogP contribution in [0.5, 0.6) is 0 Å². The van der Waals surface area contributed by atoms with Crippen LogP contribution in [0.2, 0.25) is 0 Å². The van der Waals surface area contributed by atoms with Crippen molar-refractivity contribution in [3.63, 3.8) is 0 Å². The zero-order valence-electron chi connectivity index (χ0n) is 8.73. The molecule has 0 radical (unpaired) electrons. The van der Waals surface area contributed by atoms with Gasteiger partial charge in [0.05, 0.1) is 0 Å². The molecule has 0 aliphatic heterocycles. The molecule has 1 aromatic carbocycles. The molecule has 2 N–H and O–H groups in total. The van der Waals surface area contributed by atoms with E-state index in [1.54, 1.807) is 0 Å². The molecule has 0 heterocycles. The van der Waals surface area contributed by atoms with Crippen molar-refractivity contribution in [3.8, 4) is 0 Å². The van der Waals surface area contributed by atoms with E-state index in [1.807, 2.05) is 25.6 Å². The first kappa shape index (κ1) is 11.3. The quantitative estimate of drug-likeness (QED) is 0.605. The molecule has 0 aromatic heterocycles. The van der Waals surface area contributed by atoms with E-state index in [4.69, 9.17) is 5.73 Å². The fourth-order valence-corrected chi connectivity index (χ4v) is 1.92. The lowest BCUT2D eigenvalue weighted by Gasteiger charge is -2.05. The number of hydrogen-bond donors (Lipinski definition) is 1. The first-order valence-corrected chi connectivity index (χ1v) is 5.82. The highest BCUT2D eigenvalue weighted by Gasteiger charge is 1.98. The first-order chi connectivity index (χ1) is 6.74. The number of hydrogen-bond acceptors (Lipinski definition) is 2. The fourth-order valence-electron chi connectivity index (χ4n) is 1.11. The van der Waals surface area contributed by atoms with Gasteiger partial charge in [0.25, 0.3) is 0 Å². The van der Waals surface area contributed by atoms with E-state index in [-0.39, 0.29) is 6.04 Å². The molecule has 0 aliphatic rings. The van der Waals surface area contributed by atoms with Gasteiger partial charge in [0.1, 0.15) is 0 Å².